The van der Waals surface area contributed by atoms with E-state index in [4.69, 9.17) is 4.74 Å². The molecule has 3 heteroatoms. The third kappa shape index (κ3) is 3.94. The molecule has 0 amide bonds. The van der Waals surface area contributed by atoms with Gasteiger partial charge in [-0.25, -0.2) is 0 Å². The molecule has 1 aliphatic heterocycles. The summed E-state index contributed by atoms with van der Waals surface area (Å²) in [6.07, 6.45) is 2.68. The number of nitrogens with one attached hydrogen (secondary N) is 1. The second-order valence-electron chi connectivity index (χ2n) is 7.14. The van der Waals surface area contributed by atoms with Crippen LogP contribution in [0.25, 0.3) is 0 Å². The van der Waals surface area contributed by atoms with Crippen molar-refractivity contribution in [3.05, 3.63) is 0 Å². The van der Waals surface area contributed by atoms with Gasteiger partial charge in [-0.05, 0) is 31.1 Å². The summed E-state index contributed by atoms with van der Waals surface area (Å²) in [6.45, 7) is 14.7. The van der Waals surface area contributed by atoms with Gasteiger partial charge in [-0.3, -0.25) is 4.90 Å². The molecule has 1 saturated carbocycles. The highest BCUT2D eigenvalue weighted by molar-refractivity contribution is 4.92. The van der Waals surface area contributed by atoms with Crippen molar-refractivity contribution in [3.63, 3.8) is 0 Å². The van der Waals surface area contributed by atoms with Crippen LogP contribution in [0.3, 0.4) is 0 Å². The molecule has 0 aromatic carbocycles. The van der Waals surface area contributed by atoms with Crippen LogP contribution in [0.1, 0.15) is 40.5 Å². The summed E-state index contributed by atoms with van der Waals surface area (Å²) in [5.74, 6) is 0.812. The maximum absolute atomic E-state index is 5.40. The lowest BCUT2D eigenvalue weighted by atomic mass is 9.91. The predicted octanol–water partition coefficient (Wildman–Crippen LogP) is 2.12. The maximum atomic E-state index is 5.40. The number of hydrogen-bond acceptors (Lipinski definition) is 3. The molecular formula is C15H30N2O. The van der Waals surface area contributed by atoms with Gasteiger partial charge in [-0.2, -0.15) is 0 Å². The molecule has 1 N–H and O–H groups in total. The first kappa shape index (κ1) is 14.3. The Morgan fingerprint density at radius 1 is 1.28 bits per heavy atom. The highest BCUT2D eigenvalue weighted by atomic mass is 16.5. The smallest absolute Gasteiger partial charge is 0.0594 e. The number of hydrogen-bond donors (Lipinski definition) is 1. The van der Waals surface area contributed by atoms with E-state index >= 15 is 0 Å². The van der Waals surface area contributed by atoms with Gasteiger partial charge in [0.15, 0.2) is 0 Å². The maximum Gasteiger partial charge on any atom is 0.0594 e. The van der Waals surface area contributed by atoms with E-state index in [1.54, 1.807) is 0 Å². The van der Waals surface area contributed by atoms with Gasteiger partial charge in [0.1, 0.15) is 0 Å². The zero-order valence-corrected chi connectivity index (χ0v) is 12.5. The zero-order valence-electron chi connectivity index (χ0n) is 12.5. The minimum absolute atomic E-state index is 0.524. The average molecular weight is 254 g/mol. The van der Waals surface area contributed by atoms with Crippen molar-refractivity contribution < 1.29 is 4.74 Å². The summed E-state index contributed by atoms with van der Waals surface area (Å²) in [7, 11) is 0. The van der Waals surface area contributed by atoms with Crippen LogP contribution in [-0.2, 0) is 4.74 Å². The van der Waals surface area contributed by atoms with Crippen molar-refractivity contribution >= 4 is 0 Å². The normalized spacial score (nSPS) is 34.7. The molecule has 1 aliphatic carbocycles. The van der Waals surface area contributed by atoms with Crippen molar-refractivity contribution in [2.24, 2.45) is 11.3 Å². The van der Waals surface area contributed by atoms with E-state index in [9.17, 15) is 0 Å². The molecule has 3 nitrogen and oxygen atoms in total. The topological polar surface area (TPSA) is 24.5 Å². The van der Waals surface area contributed by atoms with Gasteiger partial charge in [-0.1, -0.05) is 20.8 Å². The van der Waals surface area contributed by atoms with Gasteiger partial charge < -0.3 is 10.1 Å². The van der Waals surface area contributed by atoms with Gasteiger partial charge in [0, 0.05) is 31.7 Å². The monoisotopic (exact) mass is 254 g/mol. The third-order valence-electron chi connectivity index (χ3n) is 4.47. The summed E-state index contributed by atoms with van der Waals surface area (Å²) in [5, 5.41) is 3.85. The summed E-state index contributed by atoms with van der Waals surface area (Å²) in [4.78, 5) is 2.52. The van der Waals surface area contributed by atoms with Crippen molar-refractivity contribution in [1.29, 1.82) is 0 Å². The average Bonchev–Trinajstić information content (AvgIpc) is 2.53. The van der Waals surface area contributed by atoms with Gasteiger partial charge in [0.05, 0.1) is 13.2 Å². The van der Waals surface area contributed by atoms with E-state index in [1.807, 2.05) is 0 Å². The first-order valence-electron chi connectivity index (χ1n) is 7.52. The van der Waals surface area contributed by atoms with Crippen LogP contribution in [0.15, 0.2) is 0 Å². The molecule has 0 radical (unpaired) electrons. The minimum Gasteiger partial charge on any atom is -0.379 e. The van der Waals surface area contributed by atoms with Crippen molar-refractivity contribution in [2.45, 2.75) is 52.6 Å². The number of morpholine rings is 1. The summed E-state index contributed by atoms with van der Waals surface area (Å²) in [5.41, 5.74) is 0.524. The Labute approximate surface area is 112 Å². The van der Waals surface area contributed by atoms with Crippen LogP contribution in [0, 0.1) is 11.3 Å². The fraction of sp³-hybridized carbons (Fsp3) is 1.00. The van der Waals surface area contributed by atoms with Crippen LogP contribution < -0.4 is 5.32 Å². The fourth-order valence-electron chi connectivity index (χ4n) is 3.71. The van der Waals surface area contributed by atoms with Crippen molar-refractivity contribution in [2.75, 3.05) is 32.8 Å². The summed E-state index contributed by atoms with van der Waals surface area (Å²) < 4.78 is 5.40. The Morgan fingerprint density at radius 3 is 2.50 bits per heavy atom. The predicted molar refractivity (Wildman–Crippen MR) is 75.8 cm³/mol. The lowest BCUT2D eigenvalue weighted by Crippen LogP contribution is -2.47. The molecule has 18 heavy (non-hydrogen) atoms. The number of ether oxygens (including phenoxy) is 1. The van der Waals surface area contributed by atoms with Gasteiger partial charge in [0.2, 0.25) is 0 Å². The van der Waals surface area contributed by atoms with Gasteiger partial charge in [0.25, 0.3) is 0 Å². The molecule has 0 aromatic rings. The molecule has 106 valence electrons. The lowest BCUT2D eigenvalue weighted by Gasteiger charge is -2.31. The second-order valence-corrected chi connectivity index (χ2v) is 7.14. The van der Waals surface area contributed by atoms with E-state index in [1.165, 1.54) is 12.8 Å². The SMILES string of the molecule is CC(CN1CCOCC1)NC1CC(C)(C)CC1C. The Balaban J connectivity index is 1.75. The van der Waals surface area contributed by atoms with E-state index in [-0.39, 0.29) is 0 Å². The Bertz CT molecular complexity index is 261. The molecule has 2 rings (SSSR count). The molecule has 3 unspecified atom stereocenters. The van der Waals surface area contributed by atoms with Crippen LogP contribution in [0.5, 0.6) is 0 Å². The van der Waals surface area contributed by atoms with E-state index in [2.05, 4.69) is 37.9 Å². The minimum atomic E-state index is 0.524. The standard InChI is InChI=1S/C15H30N2O/c1-12-9-15(3,4)10-14(12)16-13(2)11-17-5-7-18-8-6-17/h12-14,16H,5-11H2,1-4H3. The molecular weight excluding hydrogens is 224 g/mol. The summed E-state index contributed by atoms with van der Waals surface area (Å²) in [6, 6.07) is 1.29. The quantitative estimate of drug-likeness (QED) is 0.832. The molecule has 1 saturated heterocycles. The van der Waals surface area contributed by atoms with Crippen LogP contribution in [0.2, 0.25) is 0 Å². The number of rotatable bonds is 4. The highest BCUT2D eigenvalue weighted by Crippen LogP contribution is 2.40. The molecule has 2 fully saturated rings. The fourth-order valence-corrected chi connectivity index (χ4v) is 3.71. The first-order valence-corrected chi connectivity index (χ1v) is 7.52. The van der Waals surface area contributed by atoms with Gasteiger partial charge in [-0.15, -0.1) is 0 Å². The molecule has 0 bridgehead atoms. The van der Waals surface area contributed by atoms with Crippen LogP contribution in [-0.4, -0.2) is 49.8 Å². The van der Waals surface area contributed by atoms with E-state index in [0.29, 0.717) is 17.5 Å². The highest BCUT2D eigenvalue weighted by Gasteiger charge is 2.37. The molecule has 0 aromatic heterocycles. The van der Waals surface area contributed by atoms with E-state index < -0.39 is 0 Å². The largest absolute Gasteiger partial charge is 0.379 e. The Hall–Kier alpha value is -0.120. The Morgan fingerprint density at radius 2 is 1.94 bits per heavy atom. The lowest BCUT2D eigenvalue weighted by molar-refractivity contribution is 0.0336. The van der Waals surface area contributed by atoms with Crippen molar-refractivity contribution in [1.82, 2.24) is 10.2 Å². The number of nitrogens with zero attached hydrogens (tertiary/aromatic N) is 1. The third-order valence-corrected chi connectivity index (χ3v) is 4.47. The van der Waals surface area contributed by atoms with E-state index in [0.717, 1.165) is 38.8 Å². The van der Waals surface area contributed by atoms with Gasteiger partial charge >= 0.3 is 0 Å². The summed E-state index contributed by atoms with van der Waals surface area (Å²) >= 11 is 0. The molecule has 0 spiro atoms. The molecule has 3 atom stereocenters. The second kappa shape index (κ2) is 5.89. The Kier molecular flexibility index (Phi) is 4.68. The van der Waals surface area contributed by atoms with Crippen LogP contribution >= 0.6 is 0 Å². The molecule has 1 heterocycles. The zero-order chi connectivity index (χ0) is 13.2. The first-order chi connectivity index (χ1) is 8.46. The van der Waals surface area contributed by atoms with Crippen molar-refractivity contribution in [3.8, 4) is 0 Å². The van der Waals surface area contributed by atoms with Crippen LogP contribution in [0.4, 0.5) is 0 Å². The molecule has 2 aliphatic rings.